The monoisotopic (exact) mass is 338 g/mol. The second kappa shape index (κ2) is 7.79. The highest BCUT2D eigenvalue weighted by Crippen LogP contribution is 2.36. The highest BCUT2D eigenvalue weighted by atomic mass is 16.2. The first-order valence-electron chi connectivity index (χ1n) is 8.37. The van der Waals surface area contributed by atoms with Crippen LogP contribution in [0.1, 0.15) is 23.7 Å². The van der Waals surface area contributed by atoms with Crippen molar-refractivity contribution in [1.82, 2.24) is 20.5 Å². The van der Waals surface area contributed by atoms with Gasteiger partial charge in [-0.3, -0.25) is 9.78 Å². The quantitative estimate of drug-likeness (QED) is 0.877. The molecule has 1 aromatic heterocycles. The molecule has 2 heterocycles. The van der Waals surface area contributed by atoms with Crippen LogP contribution in [0.2, 0.25) is 0 Å². The summed E-state index contributed by atoms with van der Waals surface area (Å²) in [7, 11) is 1.82. The summed E-state index contributed by atoms with van der Waals surface area (Å²) in [6.07, 6.45) is 2.13. The molecule has 0 radical (unpaired) electrons. The molecule has 0 unspecified atom stereocenters. The summed E-state index contributed by atoms with van der Waals surface area (Å²) < 4.78 is 0. The van der Waals surface area contributed by atoms with E-state index in [9.17, 15) is 9.59 Å². The normalized spacial score (nSPS) is 19.7. The molecule has 130 valence electrons. The van der Waals surface area contributed by atoms with Crippen LogP contribution in [0.25, 0.3) is 0 Å². The predicted molar refractivity (Wildman–Crippen MR) is 94.5 cm³/mol. The third-order valence-corrected chi connectivity index (χ3v) is 4.52. The molecule has 0 spiro atoms. The maximum absolute atomic E-state index is 12.1. The average molecular weight is 338 g/mol. The third-order valence-electron chi connectivity index (χ3n) is 4.52. The Balaban J connectivity index is 1.56. The lowest BCUT2D eigenvalue weighted by molar-refractivity contribution is -0.127. The first-order valence-corrected chi connectivity index (χ1v) is 8.37. The van der Waals surface area contributed by atoms with E-state index in [0.717, 1.165) is 11.3 Å². The molecule has 2 aromatic rings. The molecule has 0 aliphatic carbocycles. The summed E-state index contributed by atoms with van der Waals surface area (Å²) in [5.74, 6) is 0.162. The smallest absolute Gasteiger partial charge is 0.315 e. The second-order valence-corrected chi connectivity index (χ2v) is 6.21. The molecule has 3 rings (SSSR count). The van der Waals surface area contributed by atoms with Crippen LogP contribution in [0, 0.1) is 5.92 Å². The molecule has 1 fully saturated rings. The van der Waals surface area contributed by atoms with E-state index in [1.807, 2.05) is 55.6 Å². The van der Waals surface area contributed by atoms with E-state index in [0.29, 0.717) is 19.5 Å². The molecule has 2 N–H and O–H groups in total. The number of likely N-dealkylation sites (tertiary alicyclic amines) is 1. The van der Waals surface area contributed by atoms with Crippen LogP contribution in [0.3, 0.4) is 0 Å². The number of amides is 3. The van der Waals surface area contributed by atoms with Gasteiger partial charge in [0.1, 0.15) is 0 Å². The van der Waals surface area contributed by atoms with Gasteiger partial charge in [-0.15, -0.1) is 0 Å². The molecule has 0 saturated carbocycles. The second-order valence-electron chi connectivity index (χ2n) is 6.21. The van der Waals surface area contributed by atoms with Crippen molar-refractivity contribution in [3.8, 4) is 0 Å². The van der Waals surface area contributed by atoms with Crippen LogP contribution in [-0.2, 0) is 11.3 Å². The molecule has 1 saturated heterocycles. The van der Waals surface area contributed by atoms with Crippen molar-refractivity contribution in [2.24, 2.45) is 5.92 Å². The van der Waals surface area contributed by atoms with Gasteiger partial charge in [0.05, 0.1) is 18.3 Å². The van der Waals surface area contributed by atoms with E-state index in [1.54, 1.807) is 11.1 Å². The van der Waals surface area contributed by atoms with Crippen molar-refractivity contribution in [3.05, 3.63) is 66.0 Å². The first kappa shape index (κ1) is 17.0. The summed E-state index contributed by atoms with van der Waals surface area (Å²) in [5, 5.41) is 5.67. The Morgan fingerprint density at radius 1 is 1.16 bits per heavy atom. The molecule has 6 heteroatoms. The van der Waals surface area contributed by atoms with Crippen molar-refractivity contribution < 1.29 is 9.59 Å². The number of nitrogens with zero attached hydrogens (tertiary/aromatic N) is 2. The summed E-state index contributed by atoms with van der Waals surface area (Å²) >= 11 is 0. The number of pyridine rings is 1. The topological polar surface area (TPSA) is 74.3 Å². The first-order chi connectivity index (χ1) is 12.1. The Labute approximate surface area is 147 Å². The lowest BCUT2D eigenvalue weighted by Crippen LogP contribution is -2.39. The van der Waals surface area contributed by atoms with Crippen molar-refractivity contribution in [2.75, 3.05) is 13.6 Å². The average Bonchev–Trinajstić information content (AvgIpc) is 2.94. The fraction of sp³-hybridized carbons (Fsp3) is 0.316. The van der Waals surface area contributed by atoms with Gasteiger partial charge in [0.2, 0.25) is 5.91 Å². The fourth-order valence-corrected chi connectivity index (χ4v) is 3.24. The van der Waals surface area contributed by atoms with Crippen LogP contribution >= 0.6 is 0 Å². The van der Waals surface area contributed by atoms with E-state index in [4.69, 9.17) is 0 Å². The third kappa shape index (κ3) is 4.15. The Bertz CT molecular complexity index is 721. The highest BCUT2D eigenvalue weighted by Gasteiger charge is 2.38. The van der Waals surface area contributed by atoms with Gasteiger partial charge >= 0.3 is 6.03 Å². The number of urea groups is 1. The number of nitrogens with one attached hydrogen (secondary N) is 2. The van der Waals surface area contributed by atoms with Gasteiger partial charge in [0.25, 0.3) is 0 Å². The van der Waals surface area contributed by atoms with Crippen LogP contribution in [0.4, 0.5) is 4.79 Å². The van der Waals surface area contributed by atoms with Crippen LogP contribution in [0.5, 0.6) is 0 Å². The van der Waals surface area contributed by atoms with Gasteiger partial charge in [-0.2, -0.15) is 0 Å². The zero-order chi connectivity index (χ0) is 17.6. The Morgan fingerprint density at radius 3 is 2.64 bits per heavy atom. The molecule has 3 amide bonds. The van der Waals surface area contributed by atoms with Gasteiger partial charge in [-0.05, 0) is 17.7 Å². The van der Waals surface area contributed by atoms with Gasteiger partial charge in [-0.1, -0.05) is 36.4 Å². The largest absolute Gasteiger partial charge is 0.338 e. The van der Waals surface area contributed by atoms with E-state index >= 15 is 0 Å². The zero-order valence-corrected chi connectivity index (χ0v) is 14.2. The maximum atomic E-state index is 12.1. The number of hydrogen-bond acceptors (Lipinski definition) is 3. The SMILES string of the molecule is CN1C(=O)C[C@@H](CNC(=O)NCc2ccccn2)[C@@H]1c1ccccc1. The van der Waals surface area contributed by atoms with Gasteiger partial charge < -0.3 is 15.5 Å². The Morgan fingerprint density at radius 2 is 1.92 bits per heavy atom. The van der Waals surface area contributed by atoms with Crippen LogP contribution in [0.15, 0.2) is 54.7 Å². The molecule has 2 atom stereocenters. The van der Waals surface area contributed by atoms with Gasteiger partial charge in [0, 0.05) is 32.1 Å². The number of benzene rings is 1. The summed E-state index contributed by atoms with van der Waals surface area (Å²) in [6.45, 7) is 0.821. The Kier molecular flexibility index (Phi) is 5.28. The number of carbonyl (C=O) groups is 2. The van der Waals surface area contributed by atoms with E-state index in [-0.39, 0.29) is 23.9 Å². The molecule has 1 aromatic carbocycles. The molecule has 25 heavy (non-hydrogen) atoms. The van der Waals surface area contributed by atoms with Crippen molar-refractivity contribution in [3.63, 3.8) is 0 Å². The van der Waals surface area contributed by atoms with Crippen molar-refractivity contribution >= 4 is 11.9 Å². The minimum absolute atomic E-state index is 0.00945. The zero-order valence-electron chi connectivity index (χ0n) is 14.2. The summed E-state index contributed by atoms with van der Waals surface area (Å²) in [6, 6.07) is 15.2. The van der Waals surface area contributed by atoms with Crippen molar-refractivity contribution in [2.45, 2.75) is 19.0 Å². The van der Waals surface area contributed by atoms with Gasteiger partial charge in [0.15, 0.2) is 0 Å². The number of rotatable bonds is 5. The lowest BCUT2D eigenvalue weighted by atomic mass is 9.94. The van der Waals surface area contributed by atoms with E-state index < -0.39 is 0 Å². The van der Waals surface area contributed by atoms with E-state index in [1.165, 1.54) is 0 Å². The van der Waals surface area contributed by atoms with Crippen LogP contribution in [-0.4, -0.2) is 35.4 Å². The maximum Gasteiger partial charge on any atom is 0.315 e. The minimum atomic E-state index is -0.250. The highest BCUT2D eigenvalue weighted by molar-refractivity contribution is 5.80. The minimum Gasteiger partial charge on any atom is -0.338 e. The lowest BCUT2D eigenvalue weighted by Gasteiger charge is -2.25. The standard InChI is InChI=1S/C19H22N4O2/c1-23-17(24)11-15(18(23)14-7-3-2-4-8-14)12-21-19(25)22-13-16-9-5-6-10-20-16/h2-10,15,18H,11-13H2,1H3,(H2,21,22,25)/t15-,18-/m0/s1. The number of hydrogen-bond donors (Lipinski definition) is 2. The number of carbonyl (C=O) groups excluding carboxylic acids is 2. The van der Waals surface area contributed by atoms with Crippen molar-refractivity contribution in [1.29, 1.82) is 0 Å². The summed E-state index contributed by atoms with van der Waals surface area (Å²) in [5.41, 5.74) is 1.90. The molecular weight excluding hydrogens is 316 g/mol. The molecular formula is C19H22N4O2. The summed E-state index contributed by atoms with van der Waals surface area (Å²) in [4.78, 5) is 30.1. The van der Waals surface area contributed by atoms with E-state index in [2.05, 4.69) is 15.6 Å². The number of aromatic nitrogens is 1. The fourth-order valence-electron chi connectivity index (χ4n) is 3.24. The molecule has 1 aliphatic heterocycles. The van der Waals surface area contributed by atoms with Crippen LogP contribution < -0.4 is 10.6 Å². The predicted octanol–water partition coefficient (Wildman–Crippen LogP) is 2.10. The Hall–Kier alpha value is -2.89. The molecule has 0 bridgehead atoms. The molecule has 6 nitrogen and oxygen atoms in total. The van der Waals surface area contributed by atoms with Gasteiger partial charge in [-0.25, -0.2) is 4.79 Å². The molecule has 1 aliphatic rings.